The molecule has 0 bridgehead atoms. The maximum atomic E-state index is 5.46. The summed E-state index contributed by atoms with van der Waals surface area (Å²) in [6, 6.07) is 1.87. The summed E-state index contributed by atoms with van der Waals surface area (Å²) in [7, 11) is 0. The van der Waals surface area contributed by atoms with E-state index in [0.29, 0.717) is 17.5 Å². The van der Waals surface area contributed by atoms with Gasteiger partial charge in [-0.1, -0.05) is 5.16 Å². The number of nitrogens with two attached hydrogens (primary N) is 1. The second kappa shape index (κ2) is 3.99. The number of nitrogens with zero attached hydrogens (tertiary/aromatic N) is 2. The van der Waals surface area contributed by atoms with Crippen LogP contribution in [0.5, 0.6) is 11.5 Å². The van der Waals surface area contributed by atoms with E-state index >= 15 is 0 Å². The lowest BCUT2D eigenvalue weighted by molar-refractivity contribution is 0.173. The van der Waals surface area contributed by atoms with Crippen molar-refractivity contribution in [3.63, 3.8) is 0 Å². The smallest absolute Gasteiger partial charge is 0.240 e. The molecule has 94 valence electrons. The van der Waals surface area contributed by atoms with Crippen LogP contribution in [0.15, 0.2) is 10.6 Å². The normalized spacial score (nSPS) is 13.1. The van der Waals surface area contributed by atoms with Crippen molar-refractivity contribution in [3.05, 3.63) is 23.1 Å². The van der Waals surface area contributed by atoms with E-state index in [9.17, 15) is 0 Å². The molecule has 1 aromatic heterocycles. The van der Waals surface area contributed by atoms with Crippen LogP contribution >= 0.6 is 0 Å². The highest BCUT2D eigenvalue weighted by atomic mass is 16.7. The lowest BCUT2D eigenvalue weighted by Gasteiger charge is -2.08. The molecular formula is C12H13N3O3. The van der Waals surface area contributed by atoms with Gasteiger partial charge in [0.25, 0.3) is 0 Å². The number of benzene rings is 1. The molecule has 0 fully saturated rings. The van der Waals surface area contributed by atoms with Crippen molar-refractivity contribution in [3.8, 4) is 22.9 Å². The lowest BCUT2D eigenvalue weighted by Crippen LogP contribution is -1.96. The van der Waals surface area contributed by atoms with E-state index in [1.807, 2.05) is 19.9 Å². The molecule has 2 heterocycles. The maximum absolute atomic E-state index is 5.46. The minimum absolute atomic E-state index is 0.232. The summed E-state index contributed by atoms with van der Waals surface area (Å²) in [5, 5.41) is 3.92. The van der Waals surface area contributed by atoms with Crippen LogP contribution in [0.4, 0.5) is 0 Å². The molecule has 0 radical (unpaired) electrons. The SMILES string of the molecule is Cc1c(-c2noc(CN)n2)cc2c(c1C)OCO2. The molecule has 0 spiro atoms. The van der Waals surface area contributed by atoms with Crippen LogP contribution in [-0.2, 0) is 6.54 Å². The van der Waals surface area contributed by atoms with Gasteiger partial charge in [-0.25, -0.2) is 0 Å². The molecule has 6 nitrogen and oxygen atoms in total. The third-order valence-electron chi connectivity index (χ3n) is 3.11. The third kappa shape index (κ3) is 1.53. The van der Waals surface area contributed by atoms with Crippen LogP contribution in [0, 0.1) is 13.8 Å². The summed E-state index contributed by atoms with van der Waals surface area (Å²) in [4.78, 5) is 4.23. The minimum atomic E-state index is 0.232. The predicted molar refractivity (Wildman–Crippen MR) is 63.2 cm³/mol. The monoisotopic (exact) mass is 247 g/mol. The number of hydrogen-bond acceptors (Lipinski definition) is 6. The summed E-state index contributed by atoms with van der Waals surface area (Å²) >= 11 is 0. The van der Waals surface area contributed by atoms with Crippen LogP contribution in [0.1, 0.15) is 17.0 Å². The fraction of sp³-hybridized carbons (Fsp3) is 0.333. The highest BCUT2D eigenvalue weighted by molar-refractivity contribution is 5.69. The van der Waals surface area contributed by atoms with Gasteiger partial charge in [-0.3, -0.25) is 0 Å². The van der Waals surface area contributed by atoms with E-state index < -0.39 is 0 Å². The van der Waals surface area contributed by atoms with Gasteiger partial charge in [-0.15, -0.1) is 0 Å². The molecule has 0 saturated carbocycles. The van der Waals surface area contributed by atoms with Gasteiger partial charge < -0.3 is 19.7 Å². The van der Waals surface area contributed by atoms with E-state index in [2.05, 4.69) is 10.1 Å². The first-order valence-electron chi connectivity index (χ1n) is 5.63. The summed E-state index contributed by atoms with van der Waals surface area (Å²) in [6.45, 7) is 4.45. The quantitative estimate of drug-likeness (QED) is 0.866. The van der Waals surface area contributed by atoms with Gasteiger partial charge in [-0.05, 0) is 31.0 Å². The van der Waals surface area contributed by atoms with Gasteiger partial charge in [0.15, 0.2) is 11.5 Å². The molecule has 0 atom stereocenters. The fourth-order valence-electron chi connectivity index (χ4n) is 1.98. The van der Waals surface area contributed by atoms with Crippen LogP contribution in [0.25, 0.3) is 11.4 Å². The molecule has 1 aliphatic heterocycles. The average molecular weight is 247 g/mol. The molecule has 2 N–H and O–H groups in total. The Bertz CT molecular complexity index is 607. The number of aromatic nitrogens is 2. The molecule has 0 saturated heterocycles. The van der Waals surface area contributed by atoms with E-state index in [-0.39, 0.29) is 13.3 Å². The van der Waals surface area contributed by atoms with Crippen molar-refractivity contribution < 1.29 is 14.0 Å². The van der Waals surface area contributed by atoms with Crippen molar-refractivity contribution in [1.82, 2.24) is 10.1 Å². The van der Waals surface area contributed by atoms with Crippen LogP contribution in [0.2, 0.25) is 0 Å². The first-order chi connectivity index (χ1) is 8.70. The van der Waals surface area contributed by atoms with Crippen molar-refractivity contribution in [2.45, 2.75) is 20.4 Å². The van der Waals surface area contributed by atoms with Gasteiger partial charge in [0.2, 0.25) is 18.5 Å². The lowest BCUT2D eigenvalue weighted by atomic mass is 10.0. The molecule has 0 aliphatic carbocycles. The van der Waals surface area contributed by atoms with E-state index in [1.165, 1.54) is 0 Å². The zero-order chi connectivity index (χ0) is 12.7. The molecule has 2 aromatic rings. The first kappa shape index (κ1) is 11.0. The van der Waals surface area contributed by atoms with Crippen molar-refractivity contribution in [1.29, 1.82) is 0 Å². The molecule has 0 unspecified atom stereocenters. The minimum Gasteiger partial charge on any atom is -0.454 e. The van der Waals surface area contributed by atoms with E-state index in [0.717, 1.165) is 22.4 Å². The molecule has 0 amide bonds. The van der Waals surface area contributed by atoms with Gasteiger partial charge in [0, 0.05) is 5.56 Å². The highest BCUT2D eigenvalue weighted by Crippen LogP contribution is 2.41. The summed E-state index contributed by atoms with van der Waals surface area (Å²) in [5.41, 5.74) is 8.41. The standard InChI is InChI=1S/C12H13N3O3/c1-6-7(2)11-9(16-5-17-11)3-8(6)12-14-10(4-13)18-15-12/h3H,4-5,13H2,1-2H3. The topological polar surface area (TPSA) is 83.4 Å². The third-order valence-corrected chi connectivity index (χ3v) is 3.11. The van der Waals surface area contributed by atoms with Crippen LogP contribution in [0.3, 0.4) is 0 Å². The number of rotatable bonds is 2. The zero-order valence-corrected chi connectivity index (χ0v) is 10.2. The Kier molecular flexibility index (Phi) is 2.45. The van der Waals surface area contributed by atoms with Gasteiger partial charge in [-0.2, -0.15) is 4.98 Å². The summed E-state index contributed by atoms with van der Waals surface area (Å²) in [6.07, 6.45) is 0. The number of fused-ring (bicyclic) bond motifs is 1. The van der Waals surface area contributed by atoms with Crippen molar-refractivity contribution in [2.24, 2.45) is 5.73 Å². The molecule has 1 aromatic carbocycles. The van der Waals surface area contributed by atoms with Crippen LogP contribution < -0.4 is 15.2 Å². The number of hydrogen-bond donors (Lipinski definition) is 1. The largest absolute Gasteiger partial charge is 0.454 e. The highest BCUT2D eigenvalue weighted by Gasteiger charge is 2.22. The number of ether oxygens (including phenoxy) is 2. The Balaban J connectivity index is 2.15. The summed E-state index contributed by atoms with van der Waals surface area (Å²) in [5.74, 6) is 2.44. The van der Waals surface area contributed by atoms with E-state index in [4.69, 9.17) is 19.7 Å². The Morgan fingerprint density at radius 1 is 1.28 bits per heavy atom. The zero-order valence-electron chi connectivity index (χ0n) is 10.2. The molecular weight excluding hydrogens is 234 g/mol. The predicted octanol–water partition coefficient (Wildman–Crippen LogP) is 1.54. The van der Waals surface area contributed by atoms with Gasteiger partial charge in [0.1, 0.15) is 0 Å². The molecule has 3 rings (SSSR count). The summed E-state index contributed by atoms with van der Waals surface area (Å²) < 4.78 is 15.8. The second-order valence-electron chi connectivity index (χ2n) is 4.12. The molecule has 1 aliphatic rings. The first-order valence-corrected chi connectivity index (χ1v) is 5.63. The fourth-order valence-corrected chi connectivity index (χ4v) is 1.98. The van der Waals surface area contributed by atoms with Crippen molar-refractivity contribution >= 4 is 0 Å². The Labute approximate surface area is 104 Å². The maximum Gasteiger partial charge on any atom is 0.240 e. The van der Waals surface area contributed by atoms with Gasteiger partial charge >= 0.3 is 0 Å². The second-order valence-corrected chi connectivity index (χ2v) is 4.12. The van der Waals surface area contributed by atoms with Crippen LogP contribution in [-0.4, -0.2) is 16.9 Å². The Morgan fingerprint density at radius 2 is 2.11 bits per heavy atom. The Morgan fingerprint density at radius 3 is 2.83 bits per heavy atom. The van der Waals surface area contributed by atoms with Gasteiger partial charge in [0.05, 0.1) is 6.54 Å². The molecule has 18 heavy (non-hydrogen) atoms. The van der Waals surface area contributed by atoms with E-state index in [1.54, 1.807) is 0 Å². The van der Waals surface area contributed by atoms with Crippen molar-refractivity contribution in [2.75, 3.05) is 6.79 Å². The Hall–Kier alpha value is -2.08. The molecule has 6 heteroatoms. The average Bonchev–Trinajstić information content (AvgIpc) is 3.01.